The first kappa shape index (κ1) is 25.4. The Balaban J connectivity index is 1.76. The predicted octanol–water partition coefficient (Wildman–Crippen LogP) is 6.53. The molecule has 1 heterocycles. The number of fused-ring (bicyclic) bond motifs is 1. The number of aliphatic carboxylic acids is 1. The van der Waals surface area contributed by atoms with Crippen LogP contribution in [0, 0.1) is 27.7 Å². The van der Waals surface area contributed by atoms with Crippen LogP contribution in [0.3, 0.4) is 0 Å². The van der Waals surface area contributed by atoms with Crippen molar-refractivity contribution in [2.24, 2.45) is 0 Å². The molecule has 0 radical (unpaired) electrons. The molecule has 2 aromatic rings. The summed E-state index contributed by atoms with van der Waals surface area (Å²) >= 11 is 0. The molecule has 0 spiro atoms. The van der Waals surface area contributed by atoms with Gasteiger partial charge in [0, 0.05) is 11.6 Å². The molecule has 0 aromatic heterocycles. The molecule has 0 unspecified atom stereocenters. The lowest BCUT2D eigenvalue weighted by molar-refractivity contribution is -0.131. The Labute approximate surface area is 203 Å². The van der Waals surface area contributed by atoms with Crippen LogP contribution in [-0.2, 0) is 11.2 Å². The van der Waals surface area contributed by atoms with Gasteiger partial charge in [-0.2, -0.15) is 0 Å². The van der Waals surface area contributed by atoms with E-state index in [1.807, 2.05) is 25.1 Å². The summed E-state index contributed by atoms with van der Waals surface area (Å²) in [6.07, 6.45) is 6.55. The highest BCUT2D eigenvalue weighted by Crippen LogP contribution is 2.44. The van der Waals surface area contributed by atoms with Crippen LogP contribution in [0.2, 0.25) is 0 Å². The van der Waals surface area contributed by atoms with Crippen molar-refractivity contribution in [3.05, 3.63) is 69.3 Å². The Bertz CT molecular complexity index is 1140. The molecule has 5 nitrogen and oxygen atoms in total. The van der Waals surface area contributed by atoms with E-state index in [2.05, 4.69) is 47.6 Å². The summed E-state index contributed by atoms with van der Waals surface area (Å²) in [7, 11) is 0. The van der Waals surface area contributed by atoms with E-state index < -0.39 is 11.6 Å². The third-order valence-electron chi connectivity index (χ3n) is 6.43. The van der Waals surface area contributed by atoms with Gasteiger partial charge in [-0.3, -0.25) is 0 Å². The molecular weight excluding hydrogens is 428 g/mol. The lowest BCUT2D eigenvalue weighted by Gasteiger charge is -2.38. The van der Waals surface area contributed by atoms with Gasteiger partial charge in [0.2, 0.25) is 0 Å². The van der Waals surface area contributed by atoms with Crippen molar-refractivity contribution in [3.63, 3.8) is 0 Å². The van der Waals surface area contributed by atoms with Gasteiger partial charge in [0.05, 0.1) is 0 Å². The number of carbonyl (C=O) groups is 1. The highest BCUT2D eigenvalue weighted by molar-refractivity contribution is 5.85. The Morgan fingerprint density at radius 3 is 2.50 bits per heavy atom. The minimum Gasteiger partial charge on any atom is -0.489 e. The Morgan fingerprint density at radius 1 is 1.12 bits per heavy atom. The summed E-state index contributed by atoms with van der Waals surface area (Å²) in [5, 5.41) is 8.82. The van der Waals surface area contributed by atoms with Crippen molar-refractivity contribution >= 4 is 12.0 Å². The van der Waals surface area contributed by atoms with Gasteiger partial charge in [0.1, 0.15) is 36.1 Å². The van der Waals surface area contributed by atoms with Gasteiger partial charge in [-0.15, -0.1) is 0 Å². The van der Waals surface area contributed by atoms with Crippen LogP contribution in [0.25, 0.3) is 6.08 Å². The first-order valence-electron chi connectivity index (χ1n) is 11.7. The number of rotatable bonds is 8. The lowest BCUT2D eigenvalue weighted by atomic mass is 9.87. The van der Waals surface area contributed by atoms with Gasteiger partial charge in [-0.05, 0) is 113 Å². The van der Waals surface area contributed by atoms with Crippen molar-refractivity contribution in [1.29, 1.82) is 0 Å². The van der Waals surface area contributed by atoms with E-state index in [-0.39, 0.29) is 0 Å². The number of hydrogen-bond acceptors (Lipinski definition) is 4. The van der Waals surface area contributed by atoms with E-state index in [0.29, 0.717) is 13.2 Å². The fraction of sp³-hybridized carbons (Fsp3) is 0.414. The van der Waals surface area contributed by atoms with E-state index in [1.165, 1.54) is 11.1 Å². The first-order valence-corrected chi connectivity index (χ1v) is 11.7. The van der Waals surface area contributed by atoms with Gasteiger partial charge in [0.15, 0.2) is 0 Å². The number of carboxylic acids is 1. The quantitative estimate of drug-likeness (QED) is 0.356. The van der Waals surface area contributed by atoms with E-state index in [0.717, 1.165) is 64.0 Å². The van der Waals surface area contributed by atoms with Crippen molar-refractivity contribution in [1.82, 2.24) is 0 Å². The van der Waals surface area contributed by atoms with Crippen LogP contribution >= 0.6 is 0 Å². The zero-order chi connectivity index (χ0) is 25.0. The molecule has 182 valence electrons. The summed E-state index contributed by atoms with van der Waals surface area (Å²) in [4.78, 5) is 10.7. The Kier molecular flexibility index (Phi) is 7.75. The van der Waals surface area contributed by atoms with Gasteiger partial charge >= 0.3 is 5.97 Å². The Morgan fingerprint density at radius 2 is 1.85 bits per heavy atom. The zero-order valence-electron chi connectivity index (χ0n) is 21.4. The second-order valence-corrected chi connectivity index (χ2v) is 9.64. The van der Waals surface area contributed by atoms with Crippen LogP contribution in [0.1, 0.15) is 60.6 Å². The summed E-state index contributed by atoms with van der Waals surface area (Å²) in [5.74, 6) is 1.72. The Hall–Kier alpha value is -3.21. The van der Waals surface area contributed by atoms with Gasteiger partial charge < -0.3 is 19.3 Å². The maximum Gasteiger partial charge on any atom is 0.328 e. The topological polar surface area (TPSA) is 65.0 Å². The van der Waals surface area contributed by atoms with Crippen LogP contribution in [0.5, 0.6) is 17.2 Å². The standard InChI is InChI=1S/C29H36O5/c1-18(2)13-15-32-27-20(4)21(5)28-24(22(27)6)12-14-29(7,34-28)17-33-25-10-8-23(16-19(25)3)9-11-26(30)31/h8-11,13,16H,12,14-15,17H2,1-7H3,(H,30,31)/b11-9+/t29-/m1/s1. The highest BCUT2D eigenvalue weighted by atomic mass is 16.5. The fourth-order valence-electron chi connectivity index (χ4n) is 4.23. The third-order valence-corrected chi connectivity index (χ3v) is 6.43. The molecule has 1 aliphatic rings. The average molecular weight is 465 g/mol. The summed E-state index contributed by atoms with van der Waals surface area (Å²) in [5.41, 5.74) is 7.18. The fourth-order valence-corrected chi connectivity index (χ4v) is 4.23. The molecule has 0 amide bonds. The zero-order valence-corrected chi connectivity index (χ0v) is 21.4. The summed E-state index contributed by atoms with van der Waals surface area (Å²) in [6.45, 7) is 15.5. The number of ether oxygens (including phenoxy) is 3. The van der Waals surface area contributed by atoms with Crippen LogP contribution in [0.4, 0.5) is 0 Å². The molecule has 3 rings (SSSR count). The predicted molar refractivity (Wildman–Crippen MR) is 136 cm³/mol. The number of benzene rings is 2. The molecule has 0 bridgehead atoms. The average Bonchev–Trinajstić information content (AvgIpc) is 2.77. The summed E-state index contributed by atoms with van der Waals surface area (Å²) < 4.78 is 18.9. The second-order valence-electron chi connectivity index (χ2n) is 9.64. The number of hydrogen-bond donors (Lipinski definition) is 1. The van der Waals surface area contributed by atoms with Gasteiger partial charge in [-0.1, -0.05) is 11.6 Å². The molecule has 1 N–H and O–H groups in total. The largest absolute Gasteiger partial charge is 0.489 e. The van der Waals surface area contributed by atoms with Crippen molar-refractivity contribution in [2.75, 3.05) is 13.2 Å². The lowest BCUT2D eigenvalue weighted by Crippen LogP contribution is -2.42. The first-order chi connectivity index (χ1) is 16.0. The van der Waals surface area contributed by atoms with E-state index >= 15 is 0 Å². The normalized spacial score (nSPS) is 17.1. The third kappa shape index (κ3) is 5.82. The van der Waals surface area contributed by atoms with E-state index in [9.17, 15) is 4.79 Å². The number of aryl methyl sites for hydroxylation is 1. The SMILES string of the molecule is CC(C)=CCOc1c(C)c(C)c2c(c1C)CC[C@](C)(COc1ccc(/C=C/C(=O)O)cc1C)O2. The molecule has 0 saturated carbocycles. The smallest absolute Gasteiger partial charge is 0.328 e. The molecule has 0 aliphatic carbocycles. The highest BCUT2D eigenvalue weighted by Gasteiger charge is 2.35. The maximum absolute atomic E-state index is 10.7. The van der Waals surface area contributed by atoms with Crippen LogP contribution in [-0.4, -0.2) is 29.9 Å². The molecule has 0 saturated heterocycles. The monoisotopic (exact) mass is 464 g/mol. The molecule has 0 fully saturated rings. The van der Waals surface area contributed by atoms with Crippen molar-refractivity contribution in [3.8, 4) is 17.2 Å². The van der Waals surface area contributed by atoms with E-state index in [1.54, 1.807) is 6.08 Å². The van der Waals surface area contributed by atoms with Gasteiger partial charge in [-0.25, -0.2) is 4.79 Å². The number of carboxylic acid groups (broad SMARTS) is 1. The molecule has 34 heavy (non-hydrogen) atoms. The van der Waals surface area contributed by atoms with E-state index in [4.69, 9.17) is 19.3 Å². The molecule has 2 aromatic carbocycles. The van der Waals surface area contributed by atoms with Crippen LogP contribution in [0.15, 0.2) is 35.9 Å². The van der Waals surface area contributed by atoms with Crippen LogP contribution < -0.4 is 14.2 Å². The molecular formula is C29H36O5. The molecule has 1 aliphatic heterocycles. The minimum atomic E-state index is -0.965. The minimum absolute atomic E-state index is 0.425. The van der Waals surface area contributed by atoms with Crippen molar-refractivity contribution in [2.45, 2.75) is 66.9 Å². The summed E-state index contributed by atoms with van der Waals surface area (Å²) in [6, 6.07) is 5.66. The van der Waals surface area contributed by atoms with Crippen molar-refractivity contribution < 1.29 is 24.1 Å². The molecule has 5 heteroatoms. The second kappa shape index (κ2) is 10.4. The van der Waals surface area contributed by atoms with Gasteiger partial charge in [0.25, 0.3) is 0 Å². The molecule has 1 atom stereocenters. The number of allylic oxidation sites excluding steroid dienone is 1. The maximum atomic E-state index is 10.7.